The molecule has 1 N–H and O–H groups in total. The van der Waals surface area contributed by atoms with Crippen molar-refractivity contribution in [1.29, 1.82) is 0 Å². The first kappa shape index (κ1) is 9.45. The van der Waals surface area contributed by atoms with Crippen molar-refractivity contribution in [1.82, 2.24) is 3.53 Å². The molecule has 1 aliphatic rings. The molecule has 0 atom stereocenters. The van der Waals surface area contributed by atoms with Gasteiger partial charge in [-0.1, -0.05) is 0 Å². The van der Waals surface area contributed by atoms with Gasteiger partial charge in [-0.3, -0.25) is 0 Å². The number of hydrogen-bond acceptors (Lipinski definition) is 3. The van der Waals surface area contributed by atoms with Crippen molar-refractivity contribution in [2.45, 2.75) is 6.92 Å². The van der Waals surface area contributed by atoms with Crippen molar-refractivity contribution in [2.24, 2.45) is 0 Å². The molecule has 0 saturated heterocycles. The molecule has 74 valence electrons. The Hall–Kier alpha value is -1.11. The minimum atomic E-state index is -2.22. The van der Waals surface area contributed by atoms with Crippen molar-refractivity contribution in [3.63, 3.8) is 0 Å². The van der Waals surface area contributed by atoms with Crippen LogP contribution in [-0.4, -0.2) is 11.9 Å². The molecule has 0 spiro atoms. The maximum atomic E-state index is 11.3. The number of hydrogen-bond donors (Lipinski definition) is 1. The van der Waals surface area contributed by atoms with E-state index in [1.807, 2.05) is 12.1 Å². The summed E-state index contributed by atoms with van der Waals surface area (Å²) in [6.45, 7) is 1.42. The monoisotopic (exact) mass is 305 g/mol. The summed E-state index contributed by atoms with van der Waals surface area (Å²) in [7, 11) is 0. The van der Waals surface area contributed by atoms with Crippen molar-refractivity contribution in [3.8, 4) is 0 Å². The fourth-order valence-electron chi connectivity index (χ4n) is 1.12. The first-order valence-electron chi connectivity index (χ1n) is 3.97. The van der Waals surface area contributed by atoms with Gasteiger partial charge in [0.25, 0.3) is 0 Å². The number of fused-ring (bicyclic) bond motifs is 1. The van der Waals surface area contributed by atoms with Crippen LogP contribution in [0.4, 0.5) is 0 Å². The number of carbonyl (C=O) groups excluding carboxylic acids is 2. The summed E-state index contributed by atoms with van der Waals surface area (Å²) < 4.78 is 8.70. The molecule has 1 aliphatic heterocycles. The molecule has 0 bridgehead atoms. The van der Waals surface area contributed by atoms with Gasteiger partial charge in [0.2, 0.25) is 0 Å². The van der Waals surface area contributed by atoms with E-state index >= 15 is 0 Å². The molecule has 0 radical (unpaired) electrons. The van der Waals surface area contributed by atoms with Crippen LogP contribution in [0.5, 0.6) is 0 Å². The van der Waals surface area contributed by atoms with Gasteiger partial charge in [0.05, 0.1) is 0 Å². The van der Waals surface area contributed by atoms with Gasteiger partial charge in [0, 0.05) is 0 Å². The second-order valence-corrected chi connectivity index (χ2v) is 6.31. The summed E-state index contributed by atoms with van der Waals surface area (Å²) in [5.74, 6) is -0.473. The van der Waals surface area contributed by atoms with E-state index in [1.165, 1.54) is 6.92 Å². The molecular formula is C9H8INO3. The van der Waals surface area contributed by atoms with Crippen LogP contribution in [0.1, 0.15) is 17.3 Å². The molecule has 1 aromatic rings. The van der Waals surface area contributed by atoms with Crippen molar-refractivity contribution < 1.29 is 12.7 Å². The fourth-order valence-corrected chi connectivity index (χ4v) is 4.55. The van der Waals surface area contributed by atoms with E-state index in [2.05, 4.69) is 3.53 Å². The number of benzene rings is 1. The van der Waals surface area contributed by atoms with Crippen molar-refractivity contribution in [2.75, 3.05) is 0 Å². The van der Waals surface area contributed by atoms with Gasteiger partial charge in [0.15, 0.2) is 0 Å². The average molecular weight is 305 g/mol. The Morgan fingerprint density at radius 2 is 2.14 bits per heavy atom. The third-order valence-electron chi connectivity index (χ3n) is 1.64. The molecule has 4 nitrogen and oxygen atoms in total. The van der Waals surface area contributed by atoms with Crippen LogP contribution >= 0.6 is 20.5 Å². The van der Waals surface area contributed by atoms with Gasteiger partial charge in [-0.05, 0) is 0 Å². The first-order chi connectivity index (χ1) is 6.68. The predicted octanol–water partition coefficient (Wildman–Crippen LogP) is 1.50. The zero-order chi connectivity index (χ0) is 10.1. The zero-order valence-corrected chi connectivity index (χ0v) is 9.57. The van der Waals surface area contributed by atoms with Crippen LogP contribution in [0, 0.1) is 3.57 Å². The number of amides is 1. The third kappa shape index (κ3) is 1.59. The molecule has 5 heteroatoms. The van der Waals surface area contributed by atoms with Crippen LogP contribution in [0.15, 0.2) is 24.3 Å². The van der Waals surface area contributed by atoms with E-state index in [1.54, 1.807) is 12.1 Å². The predicted molar refractivity (Wildman–Crippen MR) is 58.4 cm³/mol. The second kappa shape index (κ2) is 3.56. The van der Waals surface area contributed by atoms with E-state index in [9.17, 15) is 9.59 Å². The van der Waals surface area contributed by atoms with E-state index in [-0.39, 0.29) is 11.9 Å². The Labute approximate surface area is 88.9 Å². The molecule has 0 aromatic heterocycles. The van der Waals surface area contributed by atoms with Gasteiger partial charge < -0.3 is 0 Å². The summed E-state index contributed by atoms with van der Waals surface area (Å²) in [4.78, 5) is 22.2. The third-order valence-corrected chi connectivity index (χ3v) is 5.73. The van der Waals surface area contributed by atoms with Crippen LogP contribution < -0.4 is 3.53 Å². The summed E-state index contributed by atoms with van der Waals surface area (Å²) in [6.07, 6.45) is 0. The van der Waals surface area contributed by atoms with Crippen LogP contribution in [-0.2, 0) is 7.86 Å². The van der Waals surface area contributed by atoms with Crippen molar-refractivity contribution in [3.05, 3.63) is 33.4 Å². The standard InChI is InChI=1S/C9H8INO3/c1-6(12)11-10-8-5-3-2-4-7(8)9(13)14-10/h2-5H,1H3,(H,11,12). The molecule has 0 fully saturated rings. The minimum absolute atomic E-state index is 0.153. The Balaban J connectivity index is 2.34. The Morgan fingerprint density at radius 1 is 1.43 bits per heavy atom. The number of nitrogens with one attached hydrogen (secondary N) is 1. The SMILES string of the molecule is CC(=O)NI1OC(=O)c2ccccc21. The summed E-state index contributed by atoms with van der Waals surface area (Å²) in [5, 5.41) is 0. The Morgan fingerprint density at radius 3 is 2.86 bits per heavy atom. The molecule has 2 rings (SSSR count). The molecule has 14 heavy (non-hydrogen) atoms. The molecule has 0 unspecified atom stereocenters. The summed E-state index contributed by atoms with van der Waals surface area (Å²) >= 11 is -2.22. The molecular weight excluding hydrogens is 297 g/mol. The summed E-state index contributed by atoms with van der Waals surface area (Å²) in [6, 6.07) is 7.18. The molecule has 0 saturated carbocycles. The van der Waals surface area contributed by atoms with Gasteiger partial charge in [0.1, 0.15) is 0 Å². The van der Waals surface area contributed by atoms with Gasteiger partial charge in [-0.25, -0.2) is 0 Å². The topological polar surface area (TPSA) is 55.4 Å². The molecule has 1 aromatic carbocycles. The van der Waals surface area contributed by atoms with Gasteiger partial charge in [-0.15, -0.1) is 0 Å². The normalized spacial score (nSPS) is 16.1. The quantitative estimate of drug-likeness (QED) is 0.632. The van der Waals surface area contributed by atoms with E-state index in [0.29, 0.717) is 5.56 Å². The van der Waals surface area contributed by atoms with Crippen LogP contribution in [0.2, 0.25) is 0 Å². The fraction of sp³-hybridized carbons (Fsp3) is 0.111. The number of halogens is 1. The number of carbonyl (C=O) groups is 2. The molecule has 1 heterocycles. The Bertz CT molecular complexity index is 403. The van der Waals surface area contributed by atoms with Crippen LogP contribution in [0.25, 0.3) is 0 Å². The van der Waals surface area contributed by atoms with Gasteiger partial charge in [-0.2, -0.15) is 0 Å². The van der Waals surface area contributed by atoms with Gasteiger partial charge >= 0.3 is 88.9 Å². The second-order valence-electron chi connectivity index (χ2n) is 2.74. The first-order valence-corrected chi connectivity index (χ1v) is 7.01. The average Bonchev–Trinajstić information content (AvgIpc) is 2.44. The zero-order valence-electron chi connectivity index (χ0n) is 7.41. The molecule has 1 amide bonds. The number of rotatable bonds is 1. The maximum absolute atomic E-state index is 11.3. The van der Waals surface area contributed by atoms with Crippen molar-refractivity contribution >= 4 is 32.4 Å². The summed E-state index contributed by atoms with van der Waals surface area (Å²) in [5.41, 5.74) is 0.589. The van der Waals surface area contributed by atoms with E-state index < -0.39 is 20.5 Å². The van der Waals surface area contributed by atoms with E-state index in [4.69, 9.17) is 3.07 Å². The molecule has 0 aliphatic carbocycles. The van der Waals surface area contributed by atoms with Crippen LogP contribution in [0.3, 0.4) is 0 Å². The Kier molecular flexibility index (Phi) is 2.40. The van der Waals surface area contributed by atoms with E-state index in [0.717, 1.165) is 3.57 Å².